The Morgan fingerprint density at radius 2 is 1.39 bits per heavy atom. The first kappa shape index (κ1) is 15.5. The van der Waals surface area contributed by atoms with Gasteiger partial charge in [-0.05, 0) is 6.42 Å². The van der Waals surface area contributed by atoms with Gasteiger partial charge in [0.25, 0.3) is 5.72 Å². The van der Waals surface area contributed by atoms with Crippen molar-refractivity contribution >= 4 is 10.0 Å². The molecular formula is C7H9F6NO3S. The first-order valence-corrected chi connectivity index (χ1v) is 6.29. The summed E-state index contributed by atoms with van der Waals surface area (Å²) < 4.78 is 98.8. The molecule has 0 aromatic carbocycles. The lowest BCUT2D eigenvalue weighted by atomic mass is 9.75. The van der Waals surface area contributed by atoms with Crippen molar-refractivity contribution in [3.8, 4) is 0 Å². The van der Waals surface area contributed by atoms with Gasteiger partial charge in [0, 0.05) is 0 Å². The van der Waals surface area contributed by atoms with E-state index in [1.54, 1.807) is 0 Å². The number of hydrogen-bond acceptors (Lipinski definition) is 3. The summed E-state index contributed by atoms with van der Waals surface area (Å²) in [7, 11) is -4.74. The van der Waals surface area contributed by atoms with Crippen LogP contribution < -0.4 is 4.72 Å². The Bertz CT molecular complexity index is 430. The van der Waals surface area contributed by atoms with Gasteiger partial charge >= 0.3 is 17.8 Å². The van der Waals surface area contributed by atoms with Crippen molar-refractivity contribution in [1.29, 1.82) is 0 Å². The van der Waals surface area contributed by atoms with E-state index < -0.39 is 39.3 Å². The van der Waals surface area contributed by atoms with Crippen molar-refractivity contribution < 1.29 is 39.9 Å². The van der Waals surface area contributed by atoms with Gasteiger partial charge in [0.15, 0.2) is 0 Å². The third-order valence-corrected chi connectivity index (χ3v) is 4.03. The quantitative estimate of drug-likeness (QED) is 0.599. The lowest BCUT2D eigenvalue weighted by Gasteiger charge is -2.55. The molecule has 0 bridgehead atoms. The molecule has 4 nitrogen and oxygen atoms in total. The minimum atomic E-state index is -5.83. The average molecular weight is 301 g/mol. The Labute approximate surface area is 98.0 Å². The van der Waals surface area contributed by atoms with Gasteiger partial charge in [0.1, 0.15) is 0 Å². The summed E-state index contributed by atoms with van der Waals surface area (Å²) in [5.41, 5.74) is -4.82. The van der Waals surface area contributed by atoms with Crippen molar-refractivity contribution in [3.63, 3.8) is 0 Å². The molecule has 1 aliphatic rings. The number of aliphatic hydroxyl groups is 1. The molecule has 0 unspecified atom stereocenters. The molecule has 18 heavy (non-hydrogen) atoms. The molecule has 0 amide bonds. The maximum atomic E-state index is 12.8. The Hall–Kier alpha value is -0.550. The molecule has 1 saturated carbocycles. The molecule has 0 aliphatic heterocycles. The molecule has 2 N–H and O–H groups in total. The molecule has 11 heteroatoms. The van der Waals surface area contributed by atoms with Crippen molar-refractivity contribution in [3.05, 3.63) is 0 Å². The van der Waals surface area contributed by atoms with Gasteiger partial charge in [0.2, 0.25) is 10.0 Å². The summed E-state index contributed by atoms with van der Waals surface area (Å²) in [6.45, 7) is 1.29. The zero-order chi connectivity index (χ0) is 14.6. The van der Waals surface area contributed by atoms with E-state index in [4.69, 9.17) is 5.11 Å². The minimum Gasteiger partial charge on any atom is -0.364 e. The van der Waals surface area contributed by atoms with Crippen molar-refractivity contribution in [2.24, 2.45) is 0 Å². The standard InChI is InChI=1S/C7H9F6NO3S/c1-2-3-18(16,17)14-7(15)5(10,11)4(8,9)6(7,12)13/h14-15H,2-3H2,1H3. The van der Waals surface area contributed by atoms with Crippen LogP contribution in [0.15, 0.2) is 0 Å². The van der Waals surface area contributed by atoms with Crippen molar-refractivity contribution in [2.75, 3.05) is 5.75 Å². The van der Waals surface area contributed by atoms with Gasteiger partial charge in [-0.15, -0.1) is 0 Å². The largest absolute Gasteiger partial charge is 0.381 e. The van der Waals surface area contributed by atoms with Gasteiger partial charge in [0.05, 0.1) is 5.75 Å². The summed E-state index contributed by atoms with van der Waals surface area (Å²) >= 11 is 0. The van der Waals surface area contributed by atoms with Crippen LogP contribution in [-0.4, -0.2) is 42.8 Å². The highest BCUT2D eigenvalue weighted by atomic mass is 32.2. The molecule has 0 atom stereocenters. The van der Waals surface area contributed by atoms with Gasteiger partial charge in [-0.3, -0.25) is 0 Å². The van der Waals surface area contributed by atoms with Gasteiger partial charge in [-0.25, -0.2) is 8.42 Å². The highest BCUT2D eigenvalue weighted by Crippen LogP contribution is 2.65. The van der Waals surface area contributed by atoms with E-state index in [1.807, 2.05) is 0 Å². The minimum absolute atomic E-state index is 0.140. The number of halogens is 6. The Morgan fingerprint density at radius 3 is 1.72 bits per heavy atom. The summed E-state index contributed by atoms with van der Waals surface area (Å²) in [5, 5.41) is 8.89. The van der Waals surface area contributed by atoms with Gasteiger partial charge in [-0.1, -0.05) is 6.92 Å². The molecule has 0 aromatic rings. The predicted molar refractivity (Wildman–Crippen MR) is 47.0 cm³/mol. The molecule has 0 aromatic heterocycles. The van der Waals surface area contributed by atoms with Crippen LogP contribution in [0.5, 0.6) is 0 Å². The summed E-state index contributed by atoms with van der Waals surface area (Å²) in [4.78, 5) is 0. The summed E-state index contributed by atoms with van der Waals surface area (Å²) in [5.74, 6) is -17.9. The zero-order valence-corrected chi connectivity index (χ0v) is 9.67. The van der Waals surface area contributed by atoms with Crippen LogP contribution in [0, 0.1) is 0 Å². The van der Waals surface area contributed by atoms with E-state index in [1.165, 1.54) is 6.92 Å². The molecule has 1 aliphatic carbocycles. The topological polar surface area (TPSA) is 66.4 Å². The third kappa shape index (κ3) is 1.56. The fourth-order valence-corrected chi connectivity index (χ4v) is 2.81. The van der Waals surface area contributed by atoms with E-state index in [0.29, 0.717) is 4.72 Å². The van der Waals surface area contributed by atoms with Crippen LogP contribution in [0.2, 0.25) is 0 Å². The van der Waals surface area contributed by atoms with Crippen molar-refractivity contribution in [1.82, 2.24) is 4.72 Å². The Morgan fingerprint density at radius 1 is 1.00 bits per heavy atom. The summed E-state index contributed by atoms with van der Waals surface area (Å²) in [6, 6.07) is 0. The molecule has 108 valence electrons. The average Bonchev–Trinajstić information content (AvgIpc) is 2.14. The van der Waals surface area contributed by atoms with Crippen LogP contribution in [0.25, 0.3) is 0 Å². The lowest BCUT2D eigenvalue weighted by molar-refractivity contribution is -0.493. The highest BCUT2D eigenvalue weighted by molar-refractivity contribution is 7.89. The second kappa shape index (κ2) is 3.73. The molecule has 0 heterocycles. The zero-order valence-electron chi connectivity index (χ0n) is 8.85. The Balaban J connectivity index is 3.16. The number of sulfonamides is 1. The maximum Gasteiger partial charge on any atom is 0.381 e. The normalized spacial score (nSPS) is 27.6. The van der Waals surface area contributed by atoms with Crippen LogP contribution in [0.1, 0.15) is 13.3 Å². The number of hydrogen-bond donors (Lipinski definition) is 2. The van der Waals surface area contributed by atoms with Crippen LogP contribution in [0.3, 0.4) is 0 Å². The fourth-order valence-electron chi connectivity index (χ4n) is 1.46. The molecule has 1 rings (SSSR count). The van der Waals surface area contributed by atoms with Gasteiger partial charge in [-0.2, -0.15) is 31.1 Å². The van der Waals surface area contributed by atoms with Gasteiger partial charge < -0.3 is 5.11 Å². The van der Waals surface area contributed by atoms with E-state index in [2.05, 4.69) is 0 Å². The molecule has 0 radical (unpaired) electrons. The molecule has 1 fully saturated rings. The predicted octanol–water partition coefficient (Wildman–Crippen LogP) is 0.924. The second-order valence-electron chi connectivity index (χ2n) is 3.85. The van der Waals surface area contributed by atoms with E-state index in [-0.39, 0.29) is 6.42 Å². The lowest BCUT2D eigenvalue weighted by Crippen LogP contribution is -2.91. The van der Waals surface area contributed by atoms with E-state index in [0.717, 1.165) is 0 Å². The second-order valence-corrected chi connectivity index (χ2v) is 5.70. The molecule has 0 saturated heterocycles. The first-order valence-electron chi connectivity index (χ1n) is 4.64. The van der Waals surface area contributed by atoms with E-state index in [9.17, 15) is 34.8 Å². The number of alkyl halides is 6. The highest BCUT2D eigenvalue weighted by Gasteiger charge is 2.99. The Kier molecular flexibility index (Phi) is 3.21. The first-order chi connectivity index (χ1) is 7.77. The van der Waals surface area contributed by atoms with Crippen LogP contribution in [-0.2, 0) is 10.0 Å². The fraction of sp³-hybridized carbons (Fsp3) is 1.00. The van der Waals surface area contributed by atoms with Crippen LogP contribution >= 0.6 is 0 Å². The third-order valence-electron chi connectivity index (χ3n) is 2.47. The smallest absolute Gasteiger partial charge is 0.364 e. The molecular weight excluding hydrogens is 292 g/mol. The van der Waals surface area contributed by atoms with Crippen molar-refractivity contribution in [2.45, 2.75) is 36.8 Å². The monoisotopic (exact) mass is 301 g/mol. The SMILES string of the molecule is CCCS(=O)(=O)NC1(O)C(F)(F)C(F)(F)C1(F)F. The maximum absolute atomic E-state index is 12.8. The summed E-state index contributed by atoms with van der Waals surface area (Å²) in [6.07, 6.45) is -0.140. The number of nitrogens with one attached hydrogen (secondary N) is 1. The number of rotatable bonds is 4. The van der Waals surface area contributed by atoms with E-state index >= 15 is 0 Å². The molecule has 0 spiro atoms. The van der Waals surface area contributed by atoms with Crippen LogP contribution in [0.4, 0.5) is 26.3 Å².